The van der Waals surface area contributed by atoms with E-state index in [-0.39, 0.29) is 25.8 Å². The van der Waals surface area contributed by atoms with E-state index in [1.165, 1.54) is 0 Å². The van der Waals surface area contributed by atoms with E-state index in [2.05, 4.69) is 20.9 Å². The summed E-state index contributed by atoms with van der Waals surface area (Å²) in [6, 6.07) is 9.04. The van der Waals surface area contributed by atoms with Crippen LogP contribution in [-0.4, -0.2) is 42.5 Å². The van der Waals surface area contributed by atoms with E-state index < -0.39 is 11.7 Å². The molecule has 0 atom stereocenters. The number of pyridine rings is 1. The molecular formula is C21H26N4O5. The van der Waals surface area contributed by atoms with Gasteiger partial charge < -0.3 is 30.2 Å². The molecule has 3 rings (SSSR count). The number of hydrogen-bond acceptors (Lipinski definition) is 7. The van der Waals surface area contributed by atoms with Crippen molar-refractivity contribution in [1.29, 1.82) is 0 Å². The molecule has 3 N–H and O–H groups in total. The van der Waals surface area contributed by atoms with E-state index in [1.54, 1.807) is 39.1 Å². The Morgan fingerprint density at radius 3 is 2.67 bits per heavy atom. The molecule has 0 bridgehead atoms. The summed E-state index contributed by atoms with van der Waals surface area (Å²) in [7, 11) is 0. The fraction of sp³-hybridized carbons (Fsp3) is 0.381. The van der Waals surface area contributed by atoms with E-state index in [1.807, 2.05) is 18.2 Å². The molecule has 9 nitrogen and oxygen atoms in total. The molecule has 0 spiro atoms. The van der Waals surface area contributed by atoms with Gasteiger partial charge in [0.25, 0.3) is 5.91 Å². The van der Waals surface area contributed by atoms with Gasteiger partial charge in [-0.15, -0.1) is 0 Å². The molecule has 0 saturated heterocycles. The minimum Gasteiger partial charge on any atom is -0.454 e. The minimum absolute atomic E-state index is 0.222. The number of fused-ring (bicyclic) bond motifs is 1. The van der Waals surface area contributed by atoms with E-state index in [0.717, 1.165) is 11.3 Å². The molecule has 160 valence electrons. The van der Waals surface area contributed by atoms with Crippen molar-refractivity contribution in [3.05, 3.63) is 47.7 Å². The van der Waals surface area contributed by atoms with E-state index in [9.17, 15) is 9.59 Å². The van der Waals surface area contributed by atoms with Gasteiger partial charge in [0.05, 0.1) is 5.56 Å². The summed E-state index contributed by atoms with van der Waals surface area (Å²) in [5, 5.41) is 8.54. The largest absolute Gasteiger partial charge is 0.454 e. The van der Waals surface area contributed by atoms with Gasteiger partial charge in [-0.05, 0) is 50.6 Å². The van der Waals surface area contributed by atoms with Gasteiger partial charge in [-0.2, -0.15) is 0 Å². The number of carbonyl (C=O) groups excluding carboxylic acids is 2. The van der Waals surface area contributed by atoms with Crippen LogP contribution in [0.4, 0.5) is 10.6 Å². The van der Waals surface area contributed by atoms with Crippen LogP contribution in [0.3, 0.4) is 0 Å². The molecule has 2 heterocycles. The Balaban J connectivity index is 1.50. The van der Waals surface area contributed by atoms with Crippen molar-refractivity contribution >= 4 is 17.8 Å². The number of nitrogens with zero attached hydrogens (tertiary/aromatic N) is 1. The Kier molecular flexibility index (Phi) is 6.61. The van der Waals surface area contributed by atoms with Gasteiger partial charge in [0.2, 0.25) is 6.79 Å². The number of benzene rings is 1. The second-order valence-electron chi connectivity index (χ2n) is 7.63. The first-order valence-electron chi connectivity index (χ1n) is 9.64. The highest BCUT2D eigenvalue weighted by Crippen LogP contribution is 2.32. The van der Waals surface area contributed by atoms with Crippen molar-refractivity contribution in [2.45, 2.75) is 32.9 Å². The summed E-state index contributed by atoms with van der Waals surface area (Å²) in [6.45, 7) is 6.56. The first-order chi connectivity index (χ1) is 14.3. The number of amides is 2. The second-order valence-corrected chi connectivity index (χ2v) is 7.63. The van der Waals surface area contributed by atoms with Crippen LogP contribution < -0.4 is 25.4 Å². The van der Waals surface area contributed by atoms with Crippen molar-refractivity contribution in [3.8, 4) is 11.5 Å². The minimum atomic E-state index is -0.568. The lowest BCUT2D eigenvalue weighted by molar-refractivity contribution is 0.0526. The maximum absolute atomic E-state index is 12.5. The Labute approximate surface area is 175 Å². The normalized spacial score (nSPS) is 12.2. The third kappa shape index (κ3) is 6.00. The Bertz CT molecular complexity index is 911. The fourth-order valence-corrected chi connectivity index (χ4v) is 2.72. The van der Waals surface area contributed by atoms with E-state index >= 15 is 0 Å². The molecule has 0 aliphatic carbocycles. The monoisotopic (exact) mass is 414 g/mol. The molecule has 0 unspecified atom stereocenters. The molecule has 1 aliphatic rings. The topological polar surface area (TPSA) is 111 Å². The summed E-state index contributed by atoms with van der Waals surface area (Å²) in [6.07, 6.45) is 1.09. The maximum atomic E-state index is 12.5. The molecule has 2 aromatic rings. The lowest BCUT2D eigenvalue weighted by Crippen LogP contribution is -2.38. The molecule has 1 aromatic heterocycles. The Morgan fingerprint density at radius 1 is 1.10 bits per heavy atom. The summed E-state index contributed by atoms with van der Waals surface area (Å²) in [4.78, 5) is 28.4. The van der Waals surface area contributed by atoms with Crippen LogP contribution >= 0.6 is 0 Å². The molecule has 1 aliphatic heterocycles. The van der Waals surface area contributed by atoms with Crippen LogP contribution in [0.5, 0.6) is 11.5 Å². The lowest BCUT2D eigenvalue weighted by atomic mass is 10.2. The highest BCUT2D eigenvalue weighted by Gasteiger charge is 2.17. The van der Waals surface area contributed by atoms with Gasteiger partial charge >= 0.3 is 6.09 Å². The van der Waals surface area contributed by atoms with Gasteiger partial charge in [-0.3, -0.25) is 4.79 Å². The smallest absolute Gasteiger partial charge is 0.407 e. The van der Waals surface area contributed by atoms with Gasteiger partial charge in [0.1, 0.15) is 11.4 Å². The Hall–Kier alpha value is -3.49. The van der Waals surface area contributed by atoms with Gasteiger partial charge in [-0.1, -0.05) is 6.07 Å². The van der Waals surface area contributed by atoms with Crippen LogP contribution in [0.2, 0.25) is 0 Å². The van der Waals surface area contributed by atoms with Gasteiger partial charge in [0.15, 0.2) is 11.5 Å². The van der Waals surface area contributed by atoms with Crippen LogP contribution in [0, 0.1) is 0 Å². The average molecular weight is 414 g/mol. The van der Waals surface area contributed by atoms with Crippen molar-refractivity contribution in [2.75, 3.05) is 25.2 Å². The SMILES string of the molecule is CC(C)(C)OC(=O)NCCNC(=O)c1cccnc1NCc1ccc2c(c1)OCO2. The molecule has 0 fully saturated rings. The van der Waals surface area contributed by atoms with Crippen molar-refractivity contribution in [1.82, 2.24) is 15.6 Å². The number of hydrogen-bond donors (Lipinski definition) is 3. The quantitative estimate of drug-likeness (QED) is 0.598. The molecule has 1 aromatic carbocycles. The van der Waals surface area contributed by atoms with Gasteiger partial charge in [-0.25, -0.2) is 9.78 Å². The zero-order chi connectivity index (χ0) is 21.6. The van der Waals surface area contributed by atoms with Crippen LogP contribution in [0.1, 0.15) is 36.7 Å². The molecular weight excluding hydrogens is 388 g/mol. The molecule has 0 radical (unpaired) electrons. The number of rotatable bonds is 7. The number of carbonyl (C=O) groups is 2. The third-order valence-corrected chi connectivity index (χ3v) is 4.03. The first kappa shape index (κ1) is 21.2. The summed E-state index contributed by atoms with van der Waals surface area (Å²) < 4.78 is 15.8. The maximum Gasteiger partial charge on any atom is 0.407 e. The zero-order valence-corrected chi connectivity index (χ0v) is 17.3. The van der Waals surface area contributed by atoms with E-state index in [0.29, 0.717) is 23.7 Å². The molecule has 30 heavy (non-hydrogen) atoms. The van der Waals surface area contributed by atoms with Crippen molar-refractivity contribution in [2.24, 2.45) is 0 Å². The first-order valence-corrected chi connectivity index (χ1v) is 9.64. The zero-order valence-electron chi connectivity index (χ0n) is 17.3. The van der Waals surface area contributed by atoms with Crippen molar-refractivity contribution in [3.63, 3.8) is 0 Å². The summed E-state index contributed by atoms with van der Waals surface area (Å²) >= 11 is 0. The summed E-state index contributed by atoms with van der Waals surface area (Å²) in [5.41, 5.74) is 0.815. The van der Waals surface area contributed by atoms with Crippen molar-refractivity contribution < 1.29 is 23.8 Å². The number of aromatic nitrogens is 1. The number of ether oxygens (including phenoxy) is 3. The number of anilines is 1. The molecule has 9 heteroatoms. The lowest BCUT2D eigenvalue weighted by Gasteiger charge is -2.19. The highest BCUT2D eigenvalue weighted by atomic mass is 16.7. The van der Waals surface area contributed by atoms with Crippen LogP contribution in [-0.2, 0) is 11.3 Å². The number of nitrogens with one attached hydrogen (secondary N) is 3. The highest BCUT2D eigenvalue weighted by molar-refractivity contribution is 5.98. The summed E-state index contributed by atoms with van der Waals surface area (Å²) in [5.74, 6) is 1.59. The number of alkyl carbamates (subject to hydrolysis) is 1. The predicted octanol–water partition coefficient (Wildman–Crippen LogP) is 2.68. The van der Waals surface area contributed by atoms with Crippen LogP contribution in [0.25, 0.3) is 0 Å². The third-order valence-electron chi connectivity index (χ3n) is 4.03. The molecule has 2 amide bonds. The standard InChI is InChI=1S/C21H26N4O5/c1-21(2,3)30-20(27)24-10-9-23-19(26)15-5-4-8-22-18(15)25-12-14-6-7-16-17(11-14)29-13-28-16/h4-8,11H,9-10,12-13H2,1-3H3,(H,22,25)(H,23,26)(H,24,27). The predicted molar refractivity (Wildman–Crippen MR) is 111 cm³/mol. The Morgan fingerprint density at radius 2 is 1.87 bits per heavy atom. The fourth-order valence-electron chi connectivity index (χ4n) is 2.72. The molecule has 0 saturated carbocycles. The second kappa shape index (κ2) is 9.34. The van der Waals surface area contributed by atoms with Gasteiger partial charge in [0, 0.05) is 25.8 Å². The van der Waals surface area contributed by atoms with E-state index in [4.69, 9.17) is 14.2 Å². The van der Waals surface area contributed by atoms with Crippen LogP contribution in [0.15, 0.2) is 36.5 Å². The average Bonchev–Trinajstić information content (AvgIpc) is 3.16.